The summed E-state index contributed by atoms with van der Waals surface area (Å²) in [6, 6.07) is 10.5. The zero-order valence-electron chi connectivity index (χ0n) is 11.7. The number of nitrogens with zero attached hydrogens (tertiary/aromatic N) is 5. The van der Waals surface area contributed by atoms with Gasteiger partial charge in [-0.2, -0.15) is 10.1 Å². The van der Waals surface area contributed by atoms with Crippen LogP contribution >= 0.6 is 0 Å². The van der Waals surface area contributed by atoms with Crippen molar-refractivity contribution in [1.29, 1.82) is 0 Å². The fourth-order valence-corrected chi connectivity index (χ4v) is 2.74. The van der Waals surface area contributed by atoms with Crippen LogP contribution in [0, 0.1) is 0 Å². The van der Waals surface area contributed by atoms with Gasteiger partial charge in [0.05, 0.1) is 17.8 Å². The van der Waals surface area contributed by atoms with Gasteiger partial charge < -0.3 is 0 Å². The van der Waals surface area contributed by atoms with Crippen molar-refractivity contribution in [1.82, 2.24) is 24.5 Å². The van der Waals surface area contributed by atoms with Crippen LogP contribution in [-0.2, 0) is 6.42 Å². The topological polar surface area (TPSA) is 65.6 Å². The highest BCUT2D eigenvalue weighted by atomic mass is 19.0. The predicted molar refractivity (Wildman–Crippen MR) is 77.9 cm³/mol. The van der Waals surface area contributed by atoms with E-state index in [1.165, 1.54) is 16.4 Å². The molecule has 1 atom stereocenters. The quantitative estimate of drug-likeness (QED) is 0.693. The summed E-state index contributed by atoms with van der Waals surface area (Å²) in [4.78, 5) is 15.2. The second kappa shape index (κ2) is 5.51. The molecule has 0 unspecified atom stereocenters. The molecule has 0 saturated heterocycles. The molecule has 0 fully saturated rings. The predicted octanol–water partition coefficient (Wildman–Crippen LogP) is 1.96. The molecule has 0 radical (unpaired) electrons. The lowest BCUT2D eigenvalue weighted by atomic mass is 10.1. The first-order valence-electron chi connectivity index (χ1n) is 6.86. The van der Waals surface area contributed by atoms with Crippen LogP contribution in [0.15, 0.2) is 42.7 Å². The number of carbonyl (C=O) groups is 1. The maximum atomic E-state index is 10.7. The monoisotopic (exact) mass is 299 g/mol. The second-order valence-electron chi connectivity index (χ2n) is 5.07. The van der Waals surface area contributed by atoms with E-state index < -0.39 is 0 Å². The molecule has 0 saturated carbocycles. The standard InChI is InChI=1S/C15H13N5O.FH/c21-10-11-8-16-19(9-11)15-17-14-7-6-13(20(14)18-15)12-4-2-1-3-5-12;/h1-5,8-10,13H,6-7H2;1H/t13-;/m0./s1. The van der Waals surface area contributed by atoms with Crippen LogP contribution in [0.25, 0.3) is 5.95 Å². The van der Waals surface area contributed by atoms with Crippen LogP contribution in [0.5, 0.6) is 0 Å². The molecular weight excluding hydrogens is 285 g/mol. The molecule has 22 heavy (non-hydrogen) atoms. The molecule has 1 aliphatic rings. The molecule has 2 aromatic heterocycles. The van der Waals surface area contributed by atoms with Gasteiger partial charge in [0.1, 0.15) is 5.82 Å². The third-order valence-electron chi connectivity index (χ3n) is 3.76. The molecule has 0 N–H and O–H groups in total. The Morgan fingerprint density at radius 3 is 2.77 bits per heavy atom. The SMILES string of the molecule is F.O=Cc1cnn(-c2nc3n(n2)[C@H](c2ccccc2)CC3)c1. The molecular formula is C15H14FN5O. The number of benzene rings is 1. The van der Waals surface area contributed by atoms with Gasteiger partial charge in [-0.1, -0.05) is 30.3 Å². The Hall–Kier alpha value is -2.83. The normalized spacial score (nSPS) is 16.1. The van der Waals surface area contributed by atoms with E-state index in [-0.39, 0.29) is 10.7 Å². The summed E-state index contributed by atoms with van der Waals surface area (Å²) in [6.07, 6.45) is 5.82. The van der Waals surface area contributed by atoms with Crippen LogP contribution in [0.4, 0.5) is 4.70 Å². The Morgan fingerprint density at radius 2 is 2.05 bits per heavy atom. The second-order valence-corrected chi connectivity index (χ2v) is 5.07. The lowest BCUT2D eigenvalue weighted by Crippen LogP contribution is -2.08. The molecule has 1 aliphatic heterocycles. The van der Waals surface area contributed by atoms with Crippen molar-refractivity contribution in [2.75, 3.05) is 0 Å². The van der Waals surface area contributed by atoms with Crippen LogP contribution in [0.2, 0.25) is 0 Å². The van der Waals surface area contributed by atoms with Gasteiger partial charge in [0.2, 0.25) is 0 Å². The Bertz CT molecular complexity index is 795. The van der Waals surface area contributed by atoms with Crippen molar-refractivity contribution < 1.29 is 9.50 Å². The summed E-state index contributed by atoms with van der Waals surface area (Å²) in [7, 11) is 0. The number of aryl methyl sites for hydroxylation is 1. The van der Waals surface area contributed by atoms with Gasteiger partial charge in [0.25, 0.3) is 5.95 Å². The van der Waals surface area contributed by atoms with E-state index in [4.69, 9.17) is 0 Å². The van der Waals surface area contributed by atoms with Crippen LogP contribution in [-0.4, -0.2) is 30.8 Å². The Labute approximate surface area is 125 Å². The van der Waals surface area contributed by atoms with Crippen molar-refractivity contribution in [2.45, 2.75) is 18.9 Å². The number of fused-ring (bicyclic) bond motifs is 1. The van der Waals surface area contributed by atoms with Crippen molar-refractivity contribution in [3.63, 3.8) is 0 Å². The molecule has 0 amide bonds. The molecule has 0 spiro atoms. The van der Waals surface area contributed by atoms with Gasteiger partial charge in [-0.3, -0.25) is 9.50 Å². The van der Waals surface area contributed by atoms with Gasteiger partial charge in [-0.05, 0) is 12.0 Å². The molecule has 3 aromatic rings. The minimum atomic E-state index is 0. The van der Waals surface area contributed by atoms with Crippen LogP contribution in [0.3, 0.4) is 0 Å². The Morgan fingerprint density at radius 1 is 1.23 bits per heavy atom. The fraction of sp³-hybridized carbons (Fsp3) is 0.200. The number of rotatable bonds is 3. The summed E-state index contributed by atoms with van der Waals surface area (Å²) < 4.78 is 3.50. The zero-order valence-corrected chi connectivity index (χ0v) is 11.7. The number of aldehydes is 1. The van der Waals surface area contributed by atoms with Gasteiger partial charge in [-0.15, -0.1) is 5.10 Å². The maximum Gasteiger partial charge on any atom is 0.269 e. The number of halogens is 1. The summed E-state index contributed by atoms with van der Waals surface area (Å²) in [5.41, 5.74) is 1.76. The lowest BCUT2D eigenvalue weighted by Gasteiger charge is -2.11. The van der Waals surface area contributed by atoms with E-state index >= 15 is 0 Å². The average molecular weight is 299 g/mol. The summed E-state index contributed by atoms with van der Waals surface area (Å²) >= 11 is 0. The maximum absolute atomic E-state index is 10.7. The van der Waals surface area contributed by atoms with Crippen molar-refractivity contribution >= 4 is 6.29 Å². The van der Waals surface area contributed by atoms with Gasteiger partial charge in [0.15, 0.2) is 6.29 Å². The minimum Gasteiger partial charge on any atom is -0.298 e. The van der Waals surface area contributed by atoms with E-state index in [0.29, 0.717) is 11.5 Å². The van der Waals surface area contributed by atoms with Crippen molar-refractivity contribution in [2.24, 2.45) is 0 Å². The average Bonchev–Trinajstić information content (AvgIpc) is 3.22. The molecule has 6 nitrogen and oxygen atoms in total. The third kappa shape index (κ3) is 2.20. The number of hydrogen-bond donors (Lipinski definition) is 0. The molecule has 112 valence electrons. The van der Waals surface area contributed by atoms with Crippen molar-refractivity contribution in [3.05, 3.63) is 59.7 Å². The van der Waals surface area contributed by atoms with Crippen molar-refractivity contribution in [3.8, 4) is 5.95 Å². The molecule has 0 aliphatic carbocycles. The number of aromatic nitrogens is 5. The fourth-order valence-electron chi connectivity index (χ4n) is 2.74. The van der Waals surface area contributed by atoms with Gasteiger partial charge >= 0.3 is 0 Å². The Kier molecular flexibility index (Phi) is 3.54. The summed E-state index contributed by atoms with van der Waals surface area (Å²) in [5, 5.41) is 8.67. The summed E-state index contributed by atoms with van der Waals surface area (Å²) in [5.74, 6) is 1.47. The highest BCUT2D eigenvalue weighted by Gasteiger charge is 2.27. The number of hydrogen-bond acceptors (Lipinski definition) is 4. The first-order valence-corrected chi connectivity index (χ1v) is 6.86. The zero-order chi connectivity index (χ0) is 14.2. The largest absolute Gasteiger partial charge is 0.298 e. The molecule has 0 bridgehead atoms. The van der Waals surface area contributed by atoms with Crippen LogP contribution < -0.4 is 0 Å². The molecule has 4 rings (SSSR count). The lowest BCUT2D eigenvalue weighted by molar-refractivity contribution is 0.112. The van der Waals surface area contributed by atoms with E-state index in [1.807, 2.05) is 22.9 Å². The van der Waals surface area contributed by atoms with Gasteiger partial charge in [0, 0.05) is 12.6 Å². The number of carbonyl (C=O) groups excluding carboxylic acids is 1. The summed E-state index contributed by atoms with van der Waals surface area (Å²) in [6.45, 7) is 0. The smallest absolute Gasteiger partial charge is 0.269 e. The van der Waals surface area contributed by atoms with Crippen LogP contribution in [0.1, 0.15) is 34.2 Å². The highest BCUT2D eigenvalue weighted by Crippen LogP contribution is 2.30. The van der Waals surface area contributed by atoms with E-state index in [1.54, 1.807) is 6.20 Å². The Balaban J connectivity index is 0.00000144. The van der Waals surface area contributed by atoms with E-state index in [0.717, 1.165) is 25.0 Å². The first kappa shape index (κ1) is 14.1. The highest BCUT2D eigenvalue weighted by molar-refractivity contribution is 5.73. The molecule has 3 heterocycles. The van der Waals surface area contributed by atoms with Gasteiger partial charge in [-0.25, -0.2) is 9.36 Å². The van der Waals surface area contributed by atoms with E-state index in [2.05, 4.69) is 27.3 Å². The molecule has 1 aromatic carbocycles. The molecule has 7 heteroatoms. The van der Waals surface area contributed by atoms with E-state index in [9.17, 15) is 4.79 Å². The minimum absolute atomic E-state index is 0. The third-order valence-corrected chi connectivity index (χ3v) is 3.76. The first-order chi connectivity index (χ1) is 10.3.